The van der Waals surface area contributed by atoms with E-state index in [9.17, 15) is 4.79 Å². The second-order valence-electron chi connectivity index (χ2n) is 9.33. The molecule has 0 aliphatic heterocycles. The van der Waals surface area contributed by atoms with Gasteiger partial charge in [0.15, 0.2) is 0 Å². The summed E-state index contributed by atoms with van der Waals surface area (Å²) >= 11 is 0. The van der Waals surface area contributed by atoms with Crippen LogP contribution in [0.1, 0.15) is 45.6 Å². The highest BCUT2D eigenvalue weighted by atomic mass is 16.3. The van der Waals surface area contributed by atoms with Crippen LogP contribution in [0.15, 0.2) is 47.1 Å². The summed E-state index contributed by atoms with van der Waals surface area (Å²) in [6.07, 6.45) is 5.76. The lowest BCUT2D eigenvalue weighted by molar-refractivity contribution is -0.122. The second kappa shape index (κ2) is 5.60. The largest absolute Gasteiger partial charge is 0.464 e. The first-order valence-electron chi connectivity index (χ1n) is 10.1. The van der Waals surface area contributed by atoms with Gasteiger partial charge in [-0.15, -0.1) is 0 Å². The number of benzene rings is 2. The van der Waals surface area contributed by atoms with Crippen molar-refractivity contribution >= 4 is 27.6 Å². The smallest absolute Gasteiger partial charge is 0.224 e. The van der Waals surface area contributed by atoms with Crippen molar-refractivity contribution in [1.82, 2.24) is 5.32 Å². The Labute approximate surface area is 160 Å². The Hall–Kier alpha value is -2.29. The van der Waals surface area contributed by atoms with E-state index in [-0.39, 0.29) is 17.4 Å². The molecule has 0 saturated heterocycles. The lowest BCUT2D eigenvalue weighted by Gasteiger charge is -2.39. The zero-order valence-corrected chi connectivity index (χ0v) is 16.3. The Morgan fingerprint density at radius 1 is 1.19 bits per heavy atom. The summed E-state index contributed by atoms with van der Waals surface area (Å²) in [4.78, 5) is 12.9. The quantitative estimate of drug-likeness (QED) is 0.673. The van der Waals surface area contributed by atoms with Crippen LogP contribution in [0.2, 0.25) is 0 Å². The van der Waals surface area contributed by atoms with Crippen molar-refractivity contribution in [3.63, 3.8) is 0 Å². The Kier molecular flexibility index (Phi) is 3.50. The number of rotatable bonds is 3. The van der Waals surface area contributed by atoms with Gasteiger partial charge in [0.05, 0.1) is 12.7 Å². The molecule has 1 N–H and O–H groups in total. The minimum Gasteiger partial charge on any atom is -0.464 e. The molecule has 3 nitrogen and oxygen atoms in total. The van der Waals surface area contributed by atoms with E-state index >= 15 is 0 Å². The molecule has 1 aromatic heterocycles. The topological polar surface area (TPSA) is 42.2 Å². The molecule has 1 heterocycles. The van der Waals surface area contributed by atoms with Gasteiger partial charge in [0.2, 0.25) is 5.91 Å². The van der Waals surface area contributed by atoms with E-state index in [1.54, 1.807) is 6.26 Å². The average Bonchev–Trinajstić information content (AvgIpc) is 3.21. The molecule has 0 radical (unpaired) electrons. The molecule has 140 valence electrons. The third-order valence-corrected chi connectivity index (χ3v) is 8.02. The summed E-state index contributed by atoms with van der Waals surface area (Å²) in [5.74, 6) is 0.840. The molecule has 2 aliphatic rings. The average molecular weight is 361 g/mol. The van der Waals surface area contributed by atoms with Crippen molar-refractivity contribution < 1.29 is 9.21 Å². The SMILES string of the molecule is CC1(C)[C@@H]2CC[C@@]1(C)[C@H](NC(=O)Cc1coc3ccc4ccccc4c13)C2. The van der Waals surface area contributed by atoms with Crippen molar-refractivity contribution in [3.05, 3.63) is 48.2 Å². The number of carbonyl (C=O) groups excluding carboxylic acids is 1. The molecule has 2 saturated carbocycles. The molecule has 2 aliphatic carbocycles. The number of nitrogens with one attached hydrogen (secondary N) is 1. The van der Waals surface area contributed by atoms with E-state index in [0.29, 0.717) is 11.8 Å². The minimum absolute atomic E-state index is 0.111. The minimum atomic E-state index is 0.111. The fourth-order valence-electron chi connectivity index (χ4n) is 5.84. The number of hydrogen-bond donors (Lipinski definition) is 1. The van der Waals surface area contributed by atoms with E-state index < -0.39 is 0 Å². The molecule has 3 heteroatoms. The fraction of sp³-hybridized carbons (Fsp3) is 0.458. The summed E-state index contributed by atoms with van der Waals surface area (Å²) in [6, 6.07) is 12.6. The van der Waals surface area contributed by atoms with Crippen LogP contribution >= 0.6 is 0 Å². The number of hydrogen-bond acceptors (Lipinski definition) is 2. The van der Waals surface area contributed by atoms with Crippen LogP contribution < -0.4 is 5.32 Å². The number of amides is 1. The normalized spacial score (nSPS) is 28.9. The summed E-state index contributed by atoms with van der Waals surface area (Å²) in [5.41, 5.74) is 2.35. The molecule has 1 amide bonds. The van der Waals surface area contributed by atoms with Crippen LogP contribution in [-0.2, 0) is 11.2 Å². The lowest BCUT2D eigenvalue weighted by atomic mass is 9.69. The van der Waals surface area contributed by atoms with Crippen molar-refractivity contribution in [2.24, 2.45) is 16.7 Å². The standard InChI is InChI=1S/C24H27NO2/c1-23(2)17-10-11-24(23,3)20(13-17)25-21(26)12-16-14-27-19-9-8-15-6-4-5-7-18(15)22(16)19/h4-9,14,17,20H,10-13H2,1-3H3,(H,25,26)/t17-,20-,24+/m1/s1. The predicted molar refractivity (Wildman–Crippen MR) is 109 cm³/mol. The molecule has 3 aromatic rings. The van der Waals surface area contributed by atoms with Gasteiger partial charge in [-0.2, -0.15) is 0 Å². The maximum Gasteiger partial charge on any atom is 0.224 e. The van der Waals surface area contributed by atoms with Crippen molar-refractivity contribution in [1.29, 1.82) is 0 Å². The molecular formula is C24H27NO2. The van der Waals surface area contributed by atoms with Crippen LogP contribution in [0.4, 0.5) is 0 Å². The predicted octanol–water partition coefficient (Wildman–Crippen LogP) is 5.46. The van der Waals surface area contributed by atoms with Crippen LogP contribution in [0, 0.1) is 16.7 Å². The van der Waals surface area contributed by atoms with Gasteiger partial charge in [0.1, 0.15) is 5.58 Å². The van der Waals surface area contributed by atoms with Gasteiger partial charge < -0.3 is 9.73 Å². The highest BCUT2D eigenvalue weighted by Crippen LogP contribution is 2.65. The Bertz CT molecular complexity index is 1050. The van der Waals surface area contributed by atoms with Gasteiger partial charge in [-0.05, 0) is 52.8 Å². The summed E-state index contributed by atoms with van der Waals surface area (Å²) < 4.78 is 5.75. The van der Waals surface area contributed by atoms with Gasteiger partial charge in [-0.25, -0.2) is 0 Å². The van der Waals surface area contributed by atoms with Gasteiger partial charge in [-0.1, -0.05) is 51.1 Å². The summed E-state index contributed by atoms with van der Waals surface area (Å²) in [7, 11) is 0. The van der Waals surface area contributed by atoms with Crippen LogP contribution in [-0.4, -0.2) is 11.9 Å². The van der Waals surface area contributed by atoms with Gasteiger partial charge in [0.25, 0.3) is 0 Å². The van der Waals surface area contributed by atoms with E-state index in [0.717, 1.165) is 34.3 Å². The van der Waals surface area contributed by atoms with Crippen LogP contribution in [0.25, 0.3) is 21.7 Å². The first kappa shape index (κ1) is 16.9. The third kappa shape index (κ3) is 2.30. The van der Waals surface area contributed by atoms with E-state index in [2.05, 4.69) is 44.3 Å². The molecule has 2 bridgehead atoms. The Balaban J connectivity index is 1.42. The maximum absolute atomic E-state index is 12.9. The summed E-state index contributed by atoms with van der Waals surface area (Å²) in [5, 5.41) is 6.78. The lowest BCUT2D eigenvalue weighted by Crippen LogP contribution is -2.47. The summed E-state index contributed by atoms with van der Waals surface area (Å²) in [6.45, 7) is 7.13. The first-order chi connectivity index (χ1) is 12.9. The zero-order valence-electron chi connectivity index (χ0n) is 16.3. The maximum atomic E-state index is 12.9. The molecule has 27 heavy (non-hydrogen) atoms. The molecule has 0 unspecified atom stereocenters. The fourth-order valence-corrected chi connectivity index (χ4v) is 5.84. The Morgan fingerprint density at radius 3 is 2.74 bits per heavy atom. The third-order valence-electron chi connectivity index (χ3n) is 8.02. The van der Waals surface area contributed by atoms with E-state index in [1.807, 2.05) is 18.2 Å². The highest BCUT2D eigenvalue weighted by Gasteiger charge is 2.61. The van der Waals surface area contributed by atoms with E-state index in [1.165, 1.54) is 18.2 Å². The van der Waals surface area contributed by atoms with Crippen LogP contribution in [0.5, 0.6) is 0 Å². The first-order valence-corrected chi connectivity index (χ1v) is 10.1. The number of fused-ring (bicyclic) bond motifs is 5. The molecular weight excluding hydrogens is 334 g/mol. The molecule has 3 atom stereocenters. The zero-order chi connectivity index (χ0) is 18.8. The number of carbonyl (C=O) groups is 1. The monoisotopic (exact) mass is 361 g/mol. The Morgan fingerprint density at radius 2 is 2.00 bits per heavy atom. The van der Waals surface area contributed by atoms with Gasteiger partial charge >= 0.3 is 0 Å². The molecule has 5 rings (SSSR count). The molecule has 0 spiro atoms. The van der Waals surface area contributed by atoms with Crippen molar-refractivity contribution in [2.75, 3.05) is 0 Å². The number of furan rings is 1. The van der Waals surface area contributed by atoms with Crippen LogP contribution in [0.3, 0.4) is 0 Å². The van der Waals surface area contributed by atoms with Gasteiger partial charge in [-0.3, -0.25) is 4.79 Å². The van der Waals surface area contributed by atoms with Gasteiger partial charge in [0, 0.05) is 17.0 Å². The molecule has 2 fully saturated rings. The molecule has 2 aromatic carbocycles. The highest BCUT2D eigenvalue weighted by molar-refractivity contribution is 6.08. The van der Waals surface area contributed by atoms with E-state index in [4.69, 9.17) is 4.42 Å². The van der Waals surface area contributed by atoms with Crippen molar-refractivity contribution in [2.45, 2.75) is 52.5 Å². The second-order valence-corrected chi connectivity index (χ2v) is 9.33. The van der Waals surface area contributed by atoms with Crippen molar-refractivity contribution in [3.8, 4) is 0 Å².